The number of aryl methyl sites for hydroxylation is 1. The van der Waals surface area contributed by atoms with Crippen molar-refractivity contribution in [2.75, 3.05) is 24.1 Å². The van der Waals surface area contributed by atoms with E-state index in [1.165, 1.54) is 16.6 Å². The number of benzene rings is 1. The molecule has 0 radical (unpaired) electrons. The summed E-state index contributed by atoms with van der Waals surface area (Å²) < 4.78 is 36.0. The number of fused-ring (bicyclic) bond motifs is 3. The Morgan fingerprint density at radius 3 is 2.79 bits per heavy atom. The van der Waals surface area contributed by atoms with Crippen LogP contribution in [0.15, 0.2) is 53.3 Å². The van der Waals surface area contributed by atoms with E-state index in [4.69, 9.17) is 10.2 Å². The van der Waals surface area contributed by atoms with E-state index in [-0.39, 0.29) is 17.7 Å². The molecule has 5 rings (SSSR count). The van der Waals surface area contributed by atoms with Crippen molar-refractivity contribution in [2.45, 2.75) is 25.9 Å². The Kier molecular flexibility index (Phi) is 5.84. The van der Waals surface area contributed by atoms with Crippen molar-refractivity contribution >= 4 is 28.3 Å². The summed E-state index contributed by atoms with van der Waals surface area (Å²) in [5.41, 5.74) is 7.75. The van der Waals surface area contributed by atoms with Gasteiger partial charge in [-0.25, -0.2) is 13.8 Å². The van der Waals surface area contributed by atoms with E-state index >= 15 is 0 Å². The van der Waals surface area contributed by atoms with E-state index in [9.17, 15) is 8.78 Å². The Hall–Kier alpha value is -3.99. The summed E-state index contributed by atoms with van der Waals surface area (Å²) in [6.07, 6.45) is 4.24. The predicted octanol–water partition coefficient (Wildman–Crippen LogP) is 3.68. The van der Waals surface area contributed by atoms with Gasteiger partial charge < -0.3 is 25.4 Å². The number of rotatable bonds is 9. The first-order chi connectivity index (χ1) is 16.5. The first-order valence-corrected chi connectivity index (χ1v) is 11.0. The highest BCUT2D eigenvalue weighted by atomic mass is 19.1. The third-order valence-corrected chi connectivity index (χ3v) is 5.64. The van der Waals surface area contributed by atoms with E-state index in [1.807, 2.05) is 23.8 Å². The summed E-state index contributed by atoms with van der Waals surface area (Å²) in [5.74, 6) is -0.00284. The molecule has 0 aliphatic carbocycles. The Morgan fingerprint density at radius 2 is 2.03 bits per heavy atom. The third-order valence-electron chi connectivity index (χ3n) is 5.64. The molecule has 1 atom stereocenters. The molecule has 4 aromatic heterocycles. The van der Waals surface area contributed by atoms with Crippen molar-refractivity contribution < 1.29 is 13.2 Å². The normalized spacial score (nSPS) is 12.6. The number of nitrogens with one attached hydrogen (secondary N) is 2. The van der Waals surface area contributed by atoms with Gasteiger partial charge in [0.25, 0.3) is 0 Å². The number of halogens is 2. The maximum Gasteiger partial charge on any atom is 0.225 e. The smallest absolute Gasteiger partial charge is 0.225 e. The minimum atomic E-state index is -0.613. The first-order valence-electron chi connectivity index (χ1n) is 11.0. The fourth-order valence-electron chi connectivity index (χ4n) is 3.98. The zero-order valence-electron chi connectivity index (χ0n) is 18.5. The highest BCUT2D eigenvalue weighted by Crippen LogP contribution is 2.24. The molecule has 11 heteroatoms. The predicted molar refractivity (Wildman–Crippen MR) is 125 cm³/mol. The van der Waals surface area contributed by atoms with E-state index in [0.29, 0.717) is 36.0 Å². The van der Waals surface area contributed by atoms with Crippen LogP contribution in [0, 0.1) is 11.6 Å². The van der Waals surface area contributed by atoms with Crippen molar-refractivity contribution in [3.8, 4) is 11.6 Å². The highest BCUT2D eigenvalue weighted by Gasteiger charge is 2.17. The average molecular weight is 466 g/mol. The van der Waals surface area contributed by atoms with Gasteiger partial charge in [0.15, 0.2) is 11.4 Å². The van der Waals surface area contributed by atoms with Gasteiger partial charge in [-0.2, -0.15) is 9.50 Å². The van der Waals surface area contributed by atoms with E-state index < -0.39 is 11.6 Å². The molecular formula is C23H24F2N8O. The molecule has 0 spiro atoms. The van der Waals surface area contributed by atoms with Crippen LogP contribution in [0.5, 0.6) is 0 Å². The molecule has 0 aliphatic rings. The molecule has 176 valence electrons. The first kappa shape index (κ1) is 21.8. The Labute approximate surface area is 193 Å². The van der Waals surface area contributed by atoms with Crippen LogP contribution in [0.1, 0.15) is 13.3 Å². The summed E-state index contributed by atoms with van der Waals surface area (Å²) in [7, 11) is 0. The summed E-state index contributed by atoms with van der Waals surface area (Å²) in [6, 6.07) is 9.05. The lowest BCUT2D eigenvalue weighted by Gasteiger charge is -2.20. The van der Waals surface area contributed by atoms with Gasteiger partial charge in [-0.3, -0.25) is 0 Å². The number of nitrogens with two attached hydrogens (primary N) is 1. The SMILES string of the molecule is CCNC(CCn1ccc2c1nc(N)n1nc(-c3ccco3)nc21)CNc1ccc(F)cc1F. The van der Waals surface area contributed by atoms with Crippen molar-refractivity contribution in [3.63, 3.8) is 0 Å². The number of hydrogen-bond donors (Lipinski definition) is 3. The number of hydrogen-bond acceptors (Lipinski definition) is 7. The van der Waals surface area contributed by atoms with Gasteiger partial charge in [-0.05, 0) is 43.3 Å². The lowest BCUT2D eigenvalue weighted by Crippen LogP contribution is -2.36. The lowest BCUT2D eigenvalue weighted by molar-refractivity contribution is 0.476. The van der Waals surface area contributed by atoms with Crippen molar-refractivity contribution in [2.24, 2.45) is 0 Å². The van der Waals surface area contributed by atoms with Crippen LogP contribution in [0.25, 0.3) is 28.3 Å². The number of anilines is 2. The molecule has 9 nitrogen and oxygen atoms in total. The molecule has 4 heterocycles. The quantitative estimate of drug-likeness (QED) is 0.304. The zero-order valence-corrected chi connectivity index (χ0v) is 18.5. The molecule has 0 aliphatic heterocycles. The van der Waals surface area contributed by atoms with Gasteiger partial charge >= 0.3 is 0 Å². The average Bonchev–Trinajstić information content (AvgIpc) is 3.56. The second-order valence-electron chi connectivity index (χ2n) is 7.91. The van der Waals surface area contributed by atoms with E-state index in [2.05, 4.69) is 25.7 Å². The largest absolute Gasteiger partial charge is 0.461 e. The fraction of sp³-hybridized carbons (Fsp3) is 0.261. The van der Waals surface area contributed by atoms with Crippen LogP contribution >= 0.6 is 0 Å². The monoisotopic (exact) mass is 466 g/mol. The second kappa shape index (κ2) is 9.10. The molecule has 1 aromatic carbocycles. The van der Waals surface area contributed by atoms with Crippen molar-refractivity contribution in [3.05, 3.63) is 60.5 Å². The number of nitrogen functional groups attached to an aromatic ring is 1. The summed E-state index contributed by atoms with van der Waals surface area (Å²) >= 11 is 0. The van der Waals surface area contributed by atoms with Gasteiger partial charge in [-0.1, -0.05) is 6.92 Å². The molecule has 0 bridgehead atoms. The molecule has 0 amide bonds. The number of nitrogens with zero attached hydrogens (tertiary/aromatic N) is 5. The zero-order chi connectivity index (χ0) is 23.7. The van der Waals surface area contributed by atoms with Gasteiger partial charge in [0, 0.05) is 31.4 Å². The Bertz CT molecular complexity index is 1430. The van der Waals surface area contributed by atoms with Gasteiger partial charge in [-0.15, -0.1) is 5.10 Å². The summed E-state index contributed by atoms with van der Waals surface area (Å²) in [5, 5.41) is 11.7. The van der Waals surface area contributed by atoms with Crippen molar-refractivity contribution in [1.82, 2.24) is 29.5 Å². The minimum Gasteiger partial charge on any atom is -0.461 e. The molecule has 0 saturated carbocycles. The molecule has 1 unspecified atom stereocenters. The maximum atomic E-state index is 14.0. The van der Waals surface area contributed by atoms with Crippen LogP contribution in [0.3, 0.4) is 0 Å². The number of aromatic nitrogens is 5. The molecular weight excluding hydrogens is 442 g/mol. The second-order valence-corrected chi connectivity index (χ2v) is 7.91. The van der Waals surface area contributed by atoms with Crippen LogP contribution < -0.4 is 16.4 Å². The molecule has 5 aromatic rings. The minimum absolute atomic E-state index is 0.0478. The van der Waals surface area contributed by atoms with Crippen LogP contribution in [-0.4, -0.2) is 43.3 Å². The maximum absolute atomic E-state index is 14.0. The summed E-state index contributed by atoms with van der Waals surface area (Å²) in [6.45, 7) is 3.89. The highest BCUT2D eigenvalue weighted by molar-refractivity contribution is 5.91. The topological polar surface area (TPSA) is 111 Å². The molecule has 34 heavy (non-hydrogen) atoms. The van der Waals surface area contributed by atoms with Crippen LogP contribution in [-0.2, 0) is 6.54 Å². The van der Waals surface area contributed by atoms with Crippen molar-refractivity contribution in [1.29, 1.82) is 0 Å². The third kappa shape index (κ3) is 4.17. The molecule has 4 N–H and O–H groups in total. The summed E-state index contributed by atoms with van der Waals surface area (Å²) in [4.78, 5) is 9.15. The van der Waals surface area contributed by atoms with Gasteiger partial charge in [0.1, 0.15) is 17.3 Å². The standard InChI is InChI=1S/C23H24F2N8O/c1-2-27-15(13-28-18-6-5-14(24)12-17(18)25)7-9-32-10-8-16-21(32)30-23(26)33-22(16)29-20(31-33)19-4-3-11-34-19/h3-6,8,10-12,15,27-28H,2,7,9,13H2,1H3,(H2,26,30). The number of likely N-dealkylation sites (N-methyl/N-ethyl adjacent to an activating group) is 1. The van der Waals surface area contributed by atoms with Gasteiger partial charge in [0.2, 0.25) is 11.8 Å². The fourth-order valence-corrected chi connectivity index (χ4v) is 3.98. The molecule has 0 saturated heterocycles. The molecule has 0 fully saturated rings. The van der Waals surface area contributed by atoms with E-state index in [0.717, 1.165) is 24.4 Å². The Morgan fingerprint density at radius 1 is 1.15 bits per heavy atom. The number of furan rings is 1. The lowest BCUT2D eigenvalue weighted by atomic mass is 10.2. The van der Waals surface area contributed by atoms with Gasteiger partial charge in [0.05, 0.1) is 17.3 Å². The Balaban J connectivity index is 1.35. The van der Waals surface area contributed by atoms with Crippen LogP contribution in [0.4, 0.5) is 20.4 Å². The van der Waals surface area contributed by atoms with Crippen LogP contribution in [0.2, 0.25) is 0 Å². The van der Waals surface area contributed by atoms with E-state index in [1.54, 1.807) is 18.4 Å².